The first-order valence-electron chi connectivity index (χ1n) is 11.9. The Hall–Kier alpha value is -1.01. The molecule has 0 spiro atoms. The molecule has 7 heteroatoms. The van der Waals surface area contributed by atoms with E-state index in [-0.39, 0.29) is 37.8 Å². The van der Waals surface area contributed by atoms with Gasteiger partial charge in [0, 0.05) is 17.9 Å². The van der Waals surface area contributed by atoms with Crippen molar-refractivity contribution < 1.29 is 48.3 Å². The van der Waals surface area contributed by atoms with Crippen molar-refractivity contribution in [1.82, 2.24) is 0 Å². The minimum Gasteiger partial charge on any atom is -0.550 e. The first-order chi connectivity index (χ1) is 14.3. The van der Waals surface area contributed by atoms with Crippen LogP contribution >= 0.6 is 0 Å². The third-order valence-electron chi connectivity index (χ3n) is 4.45. The number of rotatable bonds is 18. The summed E-state index contributed by atoms with van der Waals surface area (Å²) in [5.41, 5.74) is 0. The van der Waals surface area contributed by atoms with Crippen molar-refractivity contribution in [3.63, 3.8) is 0 Å². The normalized spacial score (nSPS) is 9.39. The van der Waals surface area contributed by atoms with Gasteiger partial charge < -0.3 is 29.7 Å². The summed E-state index contributed by atoms with van der Waals surface area (Å²) in [7, 11) is 0. The zero-order chi connectivity index (χ0) is 23.5. The fourth-order valence-electron chi connectivity index (χ4n) is 2.62. The van der Waals surface area contributed by atoms with Gasteiger partial charge in [-0.2, -0.15) is 0 Å². The fraction of sp³-hybridized carbons (Fsp3) is 0.875. The SMILES string of the molecule is CCCCCCCC(=O)[O-].CCCCCCCC(=O)[O-].CCCCCCCC(=O)[O-].[V+3]. The third kappa shape index (κ3) is 52.8. The Kier molecular flexibility index (Phi) is 40.5. The van der Waals surface area contributed by atoms with E-state index in [1.165, 1.54) is 38.5 Å². The second-order valence-corrected chi connectivity index (χ2v) is 7.61. The molecule has 0 aliphatic heterocycles. The Morgan fingerprint density at radius 1 is 0.419 bits per heavy atom. The topological polar surface area (TPSA) is 120 Å². The van der Waals surface area contributed by atoms with Gasteiger partial charge in [-0.05, 0) is 38.5 Å². The molecule has 6 nitrogen and oxygen atoms in total. The van der Waals surface area contributed by atoms with E-state index in [0.29, 0.717) is 0 Å². The van der Waals surface area contributed by atoms with Gasteiger partial charge in [-0.25, -0.2) is 0 Å². The number of hydrogen-bond donors (Lipinski definition) is 0. The maximum Gasteiger partial charge on any atom is 3.00 e. The second kappa shape index (κ2) is 33.6. The smallest absolute Gasteiger partial charge is 0.550 e. The zero-order valence-electron chi connectivity index (χ0n) is 20.1. The summed E-state index contributed by atoms with van der Waals surface area (Å²) in [6, 6.07) is 0. The number of aliphatic carboxylic acids is 3. The minimum absolute atomic E-state index is 0. The van der Waals surface area contributed by atoms with Crippen LogP contribution < -0.4 is 15.3 Å². The molecule has 0 aliphatic rings. The molecule has 0 atom stereocenters. The van der Waals surface area contributed by atoms with E-state index < -0.39 is 17.9 Å². The van der Waals surface area contributed by atoms with E-state index >= 15 is 0 Å². The molecule has 0 saturated carbocycles. The van der Waals surface area contributed by atoms with Crippen LogP contribution in [0.1, 0.15) is 136 Å². The molecule has 0 fully saturated rings. The first kappa shape index (κ1) is 37.3. The summed E-state index contributed by atoms with van der Waals surface area (Å²) < 4.78 is 0. The molecule has 0 unspecified atom stereocenters. The Balaban J connectivity index is -0.000000174. The molecule has 182 valence electrons. The molecule has 0 saturated heterocycles. The van der Waals surface area contributed by atoms with Gasteiger partial charge >= 0.3 is 18.6 Å². The molecular formula is C24H45O6V. The van der Waals surface area contributed by atoms with Crippen molar-refractivity contribution in [2.45, 2.75) is 136 Å². The molecule has 0 amide bonds. The molecule has 0 bridgehead atoms. The van der Waals surface area contributed by atoms with E-state index in [2.05, 4.69) is 20.8 Å². The summed E-state index contributed by atoms with van der Waals surface area (Å²) >= 11 is 0. The van der Waals surface area contributed by atoms with Gasteiger partial charge in [-0.3, -0.25) is 0 Å². The Morgan fingerprint density at radius 2 is 0.613 bits per heavy atom. The second-order valence-electron chi connectivity index (χ2n) is 7.61. The van der Waals surface area contributed by atoms with Crippen LogP contribution in [0.25, 0.3) is 0 Å². The van der Waals surface area contributed by atoms with Gasteiger partial charge in [0.05, 0.1) is 0 Å². The van der Waals surface area contributed by atoms with E-state index in [0.717, 1.165) is 57.8 Å². The van der Waals surface area contributed by atoms with Crippen LogP contribution in [0.3, 0.4) is 0 Å². The van der Waals surface area contributed by atoms with Gasteiger partial charge in [0.2, 0.25) is 0 Å². The Bertz CT molecular complexity index is 331. The fourth-order valence-corrected chi connectivity index (χ4v) is 2.62. The van der Waals surface area contributed by atoms with Crippen molar-refractivity contribution in [3.05, 3.63) is 0 Å². The maximum absolute atomic E-state index is 9.92. The number of carbonyl (C=O) groups is 3. The van der Waals surface area contributed by atoms with Crippen LogP contribution in [0.5, 0.6) is 0 Å². The summed E-state index contributed by atoms with van der Waals surface area (Å²) in [6.07, 6.45) is 16.8. The summed E-state index contributed by atoms with van der Waals surface area (Å²) in [5.74, 6) is -2.76. The Morgan fingerprint density at radius 3 is 0.774 bits per heavy atom. The molecule has 0 radical (unpaired) electrons. The van der Waals surface area contributed by atoms with Crippen LogP contribution in [-0.4, -0.2) is 17.9 Å². The van der Waals surface area contributed by atoms with Crippen LogP contribution in [0.2, 0.25) is 0 Å². The summed E-state index contributed by atoms with van der Waals surface area (Å²) in [6.45, 7) is 6.41. The van der Waals surface area contributed by atoms with Gasteiger partial charge in [0.15, 0.2) is 0 Å². The number of carboxylic acids is 3. The average Bonchev–Trinajstić information content (AvgIpc) is 2.68. The van der Waals surface area contributed by atoms with E-state index in [1.54, 1.807) is 0 Å². The zero-order valence-corrected chi connectivity index (χ0v) is 21.5. The van der Waals surface area contributed by atoms with Crippen LogP contribution in [0.15, 0.2) is 0 Å². The van der Waals surface area contributed by atoms with Gasteiger partial charge in [-0.1, -0.05) is 97.8 Å². The van der Waals surface area contributed by atoms with Crippen LogP contribution in [-0.2, 0) is 32.9 Å². The third-order valence-corrected chi connectivity index (χ3v) is 4.45. The molecule has 0 N–H and O–H groups in total. The molecule has 0 aromatic rings. The molecule has 0 aromatic carbocycles. The van der Waals surface area contributed by atoms with Crippen molar-refractivity contribution >= 4 is 17.9 Å². The van der Waals surface area contributed by atoms with Gasteiger partial charge in [-0.15, -0.1) is 0 Å². The quantitative estimate of drug-likeness (QED) is 0.278. The summed E-state index contributed by atoms with van der Waals surface area (Å²) in [4.78, 5) is 29.8. The number of carbonyl (C=O) groups excluding carboxylic acids is 3. The van der Waals surface area contributed by atoms with Gasteiger partial charge in [0.25, 0.3) is 0 Å². The number of unbranched alkanes of at least 4 members (excludes halogenated alkanes) is 12. The van der Waals surface area contributed by atoms with Crippen molar-refractivity contribution in [3.8, 4) is 0 Å². The Labute approximate surface area is 202 Å². The van der Waals surface area contributed by atoms with Crippen molar-refractivity contribution in [1.29, 1.82) is 0 Å². The maximum atomic E-state index is 9.92. The molecule has 0 aromatic heterocycles. The predicted octanol–water partition coefficient (Wildman–Crippen LogP) is 3.29. The van der Waals surface area contributed by atoms with Crippen molar-refractivity contribution in [2.24, 2.45) is 0 Å². The largest absolute Gasteiger partial charge is 3.00 e. The number of hydrogen-bond acceptors (Lipinski definition) is 6. The molecule has 0 aliphatic carbocycles. The first-order valence-corrected chi connectivity index (χ1v) is 11.9. The van der Waals surface area contributed by atoms with E-state index in [1.807, 2.05) is 0 Å². The molecule has 0 rings (SSSR count). The standard InChI is InChI=1S/3C8H16O2.V/c3*1-2-3-4-5-6-7-8(9)10;/h3*2-7H2,1H3,(H,9,10);/q;;;+3/p-3. The van der Waals surface area contributed by atoms with E-state index in [9.17, 15) is 29.7 Å². The number of carboxylic acid groups (broad SMARTS) is 3. The molecule has 0 heterocycles. The van der Waals surface area contributed by atoms with Crippen LogP contribution in [0.4, 0.5) is 0 Å². The van der Waals surface area contributed by atoms with Crippen LogP contribution in [0, 0.1) is 0 Å². The van der Waals surface area contributed by atoms with Crippen molar-refractivity contribution in [2.75, 3.05) is 0 Å². The average molecular weight is 481 g/mol. The predicted molar refractivity (Wildman–Crippen MR) is 115 cm³/mol. The summed E-state index contributed by atoms with van der Waals surface area (Å²) in [5, 5.41) is 29.8. The monoisotopic (exact) mass is 480 g/mol. The van der Waals surface area contributed by atoms with E-state index in [4.69, 9.17) is 0 Å². The molecular weight excluding hydrogens is 435 g/mol. The minimum atomic E-state index is -0.920. The molecule has 31 heavy (non-hydrogen) atoms. The van der Waals surface area contributed by atoms with Gasteiger partial charge in [0.1, 0.15) is 0 Å².